The topological polar surface area (TPSA) is 15.3 Å². The fraction of sp³-hybridized carbons (Fsp3) is 0.600. The Morgan fingerprint density at radius 1 is 1.06 bits per heavy atom. The summed E-state index contributed by atoms with van der Waals surface area (Å²) in [6.45, 7) is 9.91. The largest absolute Gasteiger partial charge is 0.371 e. The quantitative estimate of drug-likeness (QED) is 0.742. The van der Waals surface area contributed by atoms with E-state index in [0.717, 1.165) is 19.6 Å². The second kappa shape index (κ2) is 8.13. The van der Waals surface area contributed by atoms with Crippen LogP contribution >= 0.6 is 0 Å². The minimum atomic E-state index is 0.671. The van der Waals surface area contributed by atoms with Crippen LogP contribution < -0.4 is 10.2 Å². The average molecular weight is 234 g/mol. The third-order valence-corrected chi connectivity index (χ3v) is 3.30. The van der Waals surface area contributed by atoms with Crippen LogP contribution in [0.3, 0.4) is 0 Å². The summed E-state index contributed by atoms with van der Waals surface area (Å²) in [7, 11) is 0. The first-order valence-corrected chi connectivity index (χ1v) is 6.85. The van der Waals surface area contributed by atoms with Crippen LogP contribution in [0, 0.1) is 0 Å². The van der Waals surface area contributed by atoms with Gasteiger partial charge < -0.3 is 10.2 Å². The standard InChI is InChI=1S/C15H26N2/c1-4-14(5-2)16-12-13-17(6-3)15-10-8-7-9-11-15/h7-11,14,16H,4-6,12-13H2,1-3H3. The van der Waals surface area contributed by atoms with E-state index in [0.29, 0.717) is 6.04 Å². The molecule has 2 nitrogen and oxygen atoms in total. The van der Waals surface area contributed by atoms with Gasteiger partial charge in [0.25, 0.3) is 0 Å². The van der Waals surface area contributed by atoms with Crippen LogP contribution in [0.25, 0.3) is 0 Å². The number of nitrogens with zero attached hydrogens (tertiary/aromatic N) is 1. The lowest BCUT2D eigenvalue weighted by Gasteiger charge is -2.24. The van der Waals surface area contributed by atoms with Gasteiger partial charge in [0.2, 0.25) is 0 Å². The monoisotopic (exact) mass is 234 g/mol. The van der Waals surface area contributed by atoms with E-state index in [9.17, 15) is 0 Å². The third-order valence-electron chi connectivity index (χ3n) is 3.30. The average Bonchev–Trinajstić information content (AvgIpc) is 2.40. The Labute approximate surface area is 106 Å². The van der Waals surface area contributed by atoms with Gasteiger partial charge >= 0.3 is 0 Å². The van der Waals surface area contributed by atoms with Crippen molar-refractivity contribution in [2.45, 2.75) is 39.7 Å². The summed E-state index contributed by atoms with van der Waals surface area (Å²) in [6, 6.07) is 11.3. The van der Waals surface area contributed by atoms with Gasteiger partial charge in [0, 0.05) is 31.4 Å². The number of rotatable bonds is 8. The van der Waals surface area contributed by atoms with Crippen LogP contribution in [-0.2, 0) is 0 Å². The van der Waals surface area contributed by atoms with Crippen molar-refractivity contribution in [3.05, 3.63) is 30.3 Å². The zero-order valence-electron chi connectivity index (χ0n) is 11.4. The fourth-order valence-electron chi connectivity index (χ4n) is 2.09. The molecule has 1 N–H and O–H groups in total. The lowest BCUT2D eigenvalue weighted by atomic mass is 10.2. The van der Waals surface area contributed by atoms with E-state index in [1.165, 1.54) is 18.5 Å². The highest BCUT2D eigenvalue weighted by Gasteiger charge is 2.05. The summed E-state index contributed by atoms with van der Waals surface area (Å²) in [6.07, 6.45) is 2.43. The highest BCUT2D eigenvalue weighted by atomic mass is 15.1. The van der Waals surface area contributed by atoms with Gasteiger partial charge in [-0.15, -0.1) is 0 Å². The van der Waals surface area contributed by atoms with Crippen LogP contribution in [0.2, 0.25) is 0 Å². The van der Waals surface area contributed by atoms with Crippen molar-refractivity contribution in [3.8, 4) is 0 Å². The molecule has 0 aromatic heterocycles. The number of likely N-dealkylation sites (N-methyl/N-ethyl adjacent to an activating group) is 1. The van der Waals surface area contributed by atoms with Crippen LogP contribution in [0.5, 0.6) is 0 Å². The molecule has 1 aromatic carbocycles. The SMILES string of the molecule is CCC(CC)NCCN(CC)c1ccccc1. The number of para-hydroxylation sites is 1. The minimum Gasteiger partial charge on any atom is -0.371 e. The molecule has 0 atom stereocenters. The van der Waals surface area contributed by atoms with Gasteiger partial charge in [0.1, 0.15) is 0 Å². The Morgan fingerprint density at radius 2 is 1.71 bits per heavy atom. The van der Waals surface area contributed by atoms with Gasteiger partial charge in [-0.25, -0.2) is 0 Å². The Hall–Kier alpha value is -1.02. The molecule has 0 saturated heterocycles. The molecule has 0 saturated carbocycles. The van der Waals surface area contributed by atoms with Crippen LogP contribution in [0.1, 0.15) is 33.6 Å². The summed E-state index contributed by atoms with van der Waals surface area (Å²) in [5.41, 5.74) is 1.32. The van der Waals surface area contributed by atoms with Gasteiger partial charge in [0.05, 0.1) is 0 Å². The molecule has 0 fully saturated rings. The molecule has 0 amide bonds. The van der Waals surface area contributed by atoms with E-state index in [2.05, 4.69) is 61.3 Å². The van der Waals surface area contributed by atoms with Crippen molar-refractivity contribution in [3.63, 3.8) is 0 Å². The van der Waals surface area contributed by atoms with E-state index >= 15 is 0 Å². The van der Waals surface area contributed by atoms with Crippen LogP contribution in [0.4, 0.5) is 5.69 Å². The molecular weight excluding hydrogens is 208 g/mol. The first kappa shape index (κ1) is 14.0. The van der Waals surface area contributed by atoms with Crippen molar-refractivity contribution in [1.29, 1.82) is 0 Å². The molecule has 17 heavy (non-hydrogen) atoms. The first-order valence-electron chi connectivity index (χ1n) is 6.85. The summed E-state index contributed by atoms with van der Waals surface area (Å²) in [5.74, 6) is 0. The number of anilines is 1. The summed E-state index contributed by atoms with van der Waals surface area (Å²) < 4.78 is 0. The van der Waals surface area contributed by atoms with Crippen LogP contribution in [-0.4, -0.2) is 25.7 Å². The molecule has 0 aliphatic rings. The molecule has 1 rings (SSSR count). The minimum absolute atomic E-state index is 0.671. The molecule has 0 spiro atoms. The van der Waals surface area contributed by atoms with Crippen molar-refractivity contribution in [2.75, 3.05) is 24.5 Å². The van der Waals surface area contributed by atoms with Crippen molar-refractivity contribution in [1.82, 2.24) is 5.32 Å². The zero-order valence-corrected chi connectivity index (χ0v) is 11.4. The van der Waals surface area contributed by atoms with E-state index < -0.39 is 0 Å². The predicted molar refractivity (Wildman–Crippen MR) is 76.7 cm³/mol. The van der Waals surface area contributed by atoms with Crippen molar-refractivity contribution < 1.29 is 0 Å². The van der Waals surface area contributed by atoms with Gasteiger partial charge in [-0.2, -0.15) is 0 Å². The van der Waals surface area contributed by atoms with Gasteiger partial charge in [-0.3, -0.25) is 0 Å². The maximum atomic E-state index is 3.61. The molecule has 0 bridgehead atoms. The zero-order chi connectivity index (χ0) is 12.5. The number of hydrogen-bond donors (Lipinski definition) is 1. The Kier molecular flexibility index (Phi) is 6.71. The van der Waals surface area contributed by atoms with Crippen molar-refractivity contribution >= 4 is 5.69 Å². The molecular formula is C15H26N2. The number of benzene rings is 1. The second-order valence-corrected chi connectivity index (χ2v) is 4.38. The molecule has 0 aliphatic heterocycles. The molecule has 96 valence electrons. The smallest absolute Gasteiger partial charge is 0.0366 e. The summed E-state index contributed by atoms with van der Waals surface area (Å²) in [5, 5.41) is 3.61. The number of hydrogen-bond acceptors (Lipinski definition) is 2. The maximum absolute atomic E-state index is 3.61. The summed E-state index contributed by atoms with van der Waals surface area (Å²) in [4.78, 5) is 2.41. The Bertz CT molecular complexity index is 280. The molecule has 2 heteroatoms. The van der Waals surface area contributed by atoms with Gasteiger partial charge in [-0.1, -0.05) is 32.0 Å². The molecule has 0 radical (unpaired) electrons. The van der Waals surface area contributed by atoms with Crippen LogP contribution in [0.15, 0.2) is 30.3 Å². The molecule has 1 aromatic rings. The molecule has 0 aliphatic carbocycles. The highest BCUT2D eigenvalue weighted by Crippen LogP contribution is 2.11. The Balaban J connectivity index is 2.38. The predicted octanol–water partition coefficient (Wildman–Crippen LogP) is 3.29. The molecule has 0 unspecified atom stereocenters. The van der Waals surface area contributed by atoms with E-state index in [1.807, 2.05) is 0 Å². The van der Waals surface area contributed by atoms with Crippen molar-refractivity contribution in [2.24, 2.45) is 0 Å². The second-order valence-electron chi connectivity index (χ2n) is 4.38. The fourth-order valence-corrected chi connectivity index (χ4v) is 2.09. The Morgan fingerprint density at radius 3 is 2.24 bits per heavy atom. The normalized spacial score (nSPS) is 10.8. The lowest BCUT2D eigenvalue weighted by molar-refractivity contribution is 0.487. The maximum Gasteiger partial charge on any atom is 0.0366 e. The van der Waals surface area contributed by atoms with E-state index in [-0.39, 0.29) is 0 Å². The first-order chi connectivity index (χ1) is 8.31. The number of nitrogens with one attached hydrogen (secondary N) is 1. The molecule has 0 heterocycles. The van der Waals surface area contributed by atoms with Gasteiger partial charge in [-0.05, 0) is 31.9 Å². The summed E-state index contributed by atoms with van der Waals surface area (Å²) >= 11 is 0. The van der Waals surface area contributed by atoms with E-state index in [1.54, 1.807) is 0 Å². The van der Waals surface area contributed by atoms with Gasteiger partial charge in [0.15, 0.2) is 0 Å². The third kappa shape index (κ3) is 4.78. The lowest BCUT2D eigenvalue weighted by Crippen LogP contribution is -2.36. The highest BCUT2D eigenvalue weighted by molar-refractivity contribution is 5.45. The van der Waals surface area contributed by atoms with E-state index in [4.69, 9.17) is 0 Å².